The Balaban J connectivity index is 1.72. The third-order valence-electron chi connectivity index (χ3n) is 3.39. The Morgan fingerprint density at radius 3 is 2.54 bits per heavy atom. The van der Waals surface area contributed by atoms with Crippen molar-refractivity contribution in [1.82, 2.24) is 4.98 Å². The minimum Gasteiger partial charge on any atom is -0.308 e. The van der Waals surface area contributed by atoms with Gasteiger partial charge in [0.25, 0.3) is 5.69 Å². The maximum absolute atomic E-state index is 12.0. The van der Waals surface area contributed by atoms with E-state index in [4.69, 9.17) is 0 Å². The van der Waals surface area contributed by atoms with Gasteiger partial charge in [-0.1, -0.05) is 17.4 Å². The number of non-ortho nitro benzene ring substituents is 1. The zero-order valence-electron chi connectivity index (χ0n) is 13.0. The van der Waals surface area contributed by atoms with Gasteiger partial charge in [0, 0.05) is 17.8 Å². The molecule has 3 rings (SSSR count). The molecule has 1 heterocycles. The van der Waals surface area contributed by atoms with Crippen LogP contribution in [0.4, 0.5) is 21.3 Å². The number of nitrogens with one attached hydrogen (secondary N) is 2. The quantitative estimate of drug-likeness (QED) is 0.542. The summed E-state index contributed by atoms with van der Waals surface area (Å²) in [7, 11) is 0. The Morgan fingerprint density at radius 2 is 1.88 bits per heavy atom. The number of hydrogen-bond donors (Lipinski definition) is 2. The number of amides is 2. The molecule has 2 amide bonds. The van der Waals surface area contributed by atoms with Crippen LogP contribution in [0.2, 0.25) is 0 Å². The second-order valence-electron chi connectivity index (χ2n) is 5.33. The molecule has 0 atom stereocenters. The molecule has 0 bridgehead atoms. The number of nitrogens with zero attached hydrogens (tertiary/aromatic N) is 2. The summed E-state index contributed by atoms with van der Waals surface area (Å²) in [6.07, 6.45) is 0. The molecule has 0 aliphatic heterocycles. The molecule has 0 radical (unpaired) electrons. The monoisotopic (exact) mass is 342 g/mol. The highest BCUT2D eigenvalue weighted by Crippen LogP contribution is 2.29. The van der Waals surface area contributed by atoms with Gasteiger partial charge < -0.3 is 5.32 Å². The minimum absolute atomic E-state index is 0.0297. The van der Waals surface area contributed by atoms with Crippen LogP contribution in [0, 0.1) is 24.0 Å². The Hall–Kier alpha value is -3.00. The molecule has 7 nitrogen and oxygen atoms in total. The number of rotatable bonds is 3. The number of aryl methyl sites for hydroxylation is 2. The van der Waals surface area contributed by atoms with E-state index in [1.807, 2.05) is 26.0 Å². The van der Waals surface area contributed by atoms with Crippen molar-refractivity contribution in [3.05, 3.63) is 57.6 Å². The summed E-state index contributed by atoms with van der Waals surface area (Å²) in [6, 6.07) is 9.24. The molecule has 0 aliphatic carbocycles. The van der Waals surface area contributed by atoms with E-state index in [0.717, 1.165) is 21.3 Å². The van der Waals surface area contributed by atoms with Crippen LogP contribution in [0.3, 0.4) is 0 Å². The number of anilines is 2. The minimum atomic E-state index is -0.491. The Kier molecular flexibility index (Phi) is 4.13. The highest BCUT2D eigenvalue weighted by atomic mass is 32.1. The zero-order valence-corrected chi connectivity index (χ0v) is 13.8. The fourth-order valence-electron chi connectivity index (χ4n) is 2.35. The van der Waals surface area contributed by atoms with Crippen LogP contribution in [0.25, 0.3) is 10.2 Å². The van der Waals surface area contributed by atoms with Crippen molar-refractivity contribution in [1.29, 1.82) is 0 Å². The zero-order chi connectivity index (χ0) is 17.3. The number of carbonyl (C=O) groups is 1. The highest BCUT2D eigenvalue weighted by Gasteiger charge is 2.11. The number of fused-ring (bicyclic) bond motifs is 1. The number of benzene rings is 2. The van der Waals surface area contributed by atoms with Crippen LogP contribution in [0.5, 0.6) is 0 Å². The van der Waals surface area contributed by atoms with Crippen LogP contribution in [0.15, 0.2) is 36.4 Å². The average Bonchev–Trinajstić information content (AvgIpc) is 2.90. The normalized spacial score (nSPS) is 10.6. The Labute approximate surface area is 141 Å². The van der Waals surface area contributed by atoms with Crippen molar-refractivity contribution < 1.29 is 9.72 Å². The first-order valence-corrected chi connectivity index (χ1v) is 7.94. The first kappa shape index (κ1) is 15.9. The molecule has 0 saturated carbocycles. The van der Waals surface area contributed by atoms with Crippen LogP contribution >= 0.6 is 11.3 Å². The number of nitro groups is 1. The summed E-state index contributed by atoms with van der Waals surface area (Å²) >= 11 is 1.40. The lowest BCUT2D eigenvalue weighted by Gasteiger charge is -2.04. The fraction of sp³-hybridized carbons (Fsp3) is 0.125. The van der Waals surface area contributed by atoms with Crippen LogP contribution < -0.4 is 10.6 Å². The number of nitro benzene ring substituents is 1. The molecule has 8 heteroatoms. The van der Waals surface area contributed by atoms with Crippen molar-refractivity contribution in [2.75, 3.05) is 10.6 Å². The van der Waals surface area contributed by atoms with E-state index in [2.05, 4.69) is 15.6 Å². The molecule has 0 unspecified atom stereocenters. The molecule has 1 aromatic heterocycles. The van der Waals surface area contributed by atoms with E-state index in [1.165, 1.54) is 35.6 Å². The largest absolute Gasteiger partial charge is 0.325 e. The predicted molar refractivity (Wildman–Crippen MR) is 94.8 cm³/mol. The molecule has 122 valence electrons. The van der Waals surface area contributed by atoms with Gasteiger partial charge in [0.1, 0.15) is 0 Å². The summed E-state index contributed by atoms with van der Waals surface area (Å²) in [6.45, 7) is 4.00. The lowest BCUT2D eigenvalue weighted by atomic mass is 10.1. The Morgan fingerprint density at radius 1 is 1.17 bits per heavy atom. The molecular weight excluding hydrogens is 328 g/mol. The number of urea groups is 1. The summed E-state index contributed by atoms with van der Waals surface area (Å²) in [5.74, 6) is 0. The van der Waals surface area contributed by atoms with Crippen molar-refractivity contribution >= 4 is 44.1 Å². The molecule has 0 fully saturated rings. The highest BCUT2D eigenvalue weighted by molar-refractivity contribution is 7.22. The van der Waals surface area contributed by atoms with E-state index in [-0.39, 0.29) is 5.69 Å². The molecule has 0 saturated heterocycles. The van der Waals surface area contributed by atoms with Gasteiger partial charge in [0.05, 0.1) is 15.1 Å². The average molecular weight is 342 g/mol. The maximum Gasteiger partial charge on any atom is 0.325 e. The van der Waals surface area contributed by atoms with Gasteiger partial charge in [-0.3, -0.25) is 15.4 Å². The summed E-state index contributed by atoms with van der Waals surface area (Å²) in [4.78, 5) is 26.6. The number of aromatic nitrogens is 1. The first-order valence-electron chi connectivity index (χ1n) is 7.12. The van der Waals surface area contributed by atoms with E-state index in [1.54, 1.807) is 0 Å². The third-order valence-corrected chi connectivity index (χ3v) is 4.30. The van der Waals surface area contributed by atoms with Gasteiger partial charge in [0.2, 0.25) is 0 Å². The number of hydrogen-bond acceptors (Lipinski definition) is 5. The number of thiazole rings is 1. The molecule has 0 spiro atoms. The van der Waals surface area contributed by atoms with E-state index < -0.39 is 11.0 Å². The lowest BCUT2D eigenvalue weighted by molar-refractivity contribution is -0.384. The third kappa shape index (κ3) is 3.33. The van der Waals surface area contributed by atoms with Gasteiger partial charge in [0.15, 0.2) is 5.13 Å². The van der Waals surface area contributed by atoms with Crippen molar-refractivity contribution in [2.45, 2.75) is 13.8 Å². The molecule has 2 aromatic carbocycles. The van der Waals surface area contributed by atoms with Gasteiger partial charge >= 0.3 is 6.03 Å². The van der Waals surface area contributed by atoms with Crippen LogP contribution in [0.1, 0.15) is 11.1 Å². The SMILES string of the molecule is Cc1cc(C)c2nc(NC(=O)Nc3ccc([N+](=O)[O-])cc3)sc2c1. The van der Waals surface area contributed by atoms with Gasteiger partial charge in [-0.15, -0.1) is 0 Å². The molecule has 2 N–H and O–H groups in total. The Bertz CT molecular complexity index is 934. The molecule has 3 aromatic rings. The van der Waals surface area contributed by atoms with Crippen molar-refractivity contribution in [3.63, 3.8) is 0 Å². The summed E-state index contributed by atoms with van der Waals surface area (Å²) in [5, 5.41) is 16.4. The van der Waals surface area contributed by atoms with E-state index >= 15 is 0 Å². The van der Waals surface area contributed by atoms with Crippen molar-refractivity contribution in [2.24, 2.45) is 0 Å². The van der Waals surface area contributed by atoms with Crippen LogP contribution in [-0.4, -0.2) is 15.9 Å². The predicted octanol–water partition coefficient (Wildman–Crippen LogP) is 4.47. The molecule has 0 aliphatic rings. The fourth-order valence-corrected chi connectivity index (χ4v) is 3.39. The lowest BCUT2D eigenvalue weighted by Crippen LogP contribution is -2.19. The van der Waals surface area contributed by atoms with Crippen LogP contribution in [-0.2, 0) is 0 Å². The second kappa shape index (κ2) is 6.25. The standard InChI is InChI=1S/C16H14N4O3S/c1-9-7-10(2)14-13(8-9)24-16(18-14)19-15(21)17-11-3-5-12(6-4-11)20(22)23/h3-8H,1-2H3,(H2,17,18,19,21). The van der Waals surface area contributed by atoms with Gasteiger partial charge in [-0.2, -0.15) is 0 Å². The smallest absolute Gasteiger partial charge is 0.308 e. The summed E-state index contributed by atoms with van der Waals surface area (Å²) < 4.78 is 1.01. The van der Waals surface area contributed by atoms with Gasteiger partial charge in [-0.25, -0.2) is 9.78 Å². The first-order chi connectivity index (χ1) is 11.4. The summed E-state index contributed by atoms with van der Waals surface area (Å²) in [5.41, 5.74) is 3.51. The van der Waals surface area contributed by atoms with E-state index in [9.17, 15) is 14.9 Å². The second-order valence-corrected chi connectivity index (χ2v) is 6.36. The van der Waals surface area contributed by atoms with Crippen molar-refractivity contribution in [3.8, 4) is 0 Å². The number of carbonyl (C=O) groups excluding carboxylic acids is 1. The molecule has 24 heavy (non-hydrogen) atoms. The van der Waals surface area contributed by atoms with E-state index in [0.29, 0.717) is 10.8 Å². The molecular formula is C16H14N4O3S. The van der Waals surface area contributed by atoms with Gasteiger partial charge in [-0.05, 0) is 43.2 Å². The topological polar surface area (TPSA) is 97.2 Å². The maximum atomic E-state index is 12.0.